The first-order chi connectivity index (χ1) is 13.7. The van der Waals surface area contributed by atoms with E-state index < -0.39 is 21.1 Å². The van der Waals surface area contributed by atoms with E-state index in [0.29, 0.717) is 21.8 Å². The summed E-state index contributed by atoms with van der Waals surface area (Å²) in [5.41, 5.74) is 1.38. The third-order valence-electron chi connectivity index (χ3n) is 4.36. The van der Waals surface area contributed by atoms with Crippen LogP contribution in [0.25, 0.3) is 22.2 Å². The third kappa shape index (κ3) is 3.71. The fourth-order valence-electron chi connectivity index (χ4n) is 2.98. The van der Waals surface area contributed by atoms with Gasteiger partial charge in [0.25, 0.3) is 10.0 Å². The molecule has 29 heavy (non-hydrogen) atoms. The number of anilines is 1. The average Bonchev–Trinajstić information content (AvgIpc) is 3.16. The molecule has 2 aromatic heterocycles. The Kier molecular flexibility index (Phi) is 4.81. The quantitative estimate of drug-likeness (QED) is 0.414. The maximum Gasteiger partial charge on any atom is 0.314 e. The minimum atomic E-state index is -3.96. The predicted octanol–water partition coefficient (Wildman–Crippen LogP) is 3.71. The number of thiophene rings is 1. The van der Waals surface area contributed by atoms with Crippen molar-refractivity contribution in [2.24, 2.45) is 0 Å². The number of aromatic amines is 2. The molecule has 0 fully saturated rings. The van der Waals surface area contributed by atoms with Gasteiger partial charge in [0.15, 0.2) is 0 Å². The summed E-state index contributed by atoms with van der Waals surface area (Å²) in [5, 5.41) is 4.30. The molecular weight excluding hydrogens is 434 g/mol. The van der Waals surface area contributed by atoms with Crippen molar-refractivity contribution in [2.45, 2.75) is 11.8 Å². The molecule has 0 atom stereocenters. The number of halogens is 1. The first-order valence-corrected chi connectivity index (χ1v) is 11.2. The van der Waals surface area contributed by atoms with Crippen LogP contribution in [0.5, 0.6) is 0 Å². The molecule has 0 bridgehead atoms. The maximum absolute atomic E-state index is 12.9. The molecule has 0 saturated heterocycles. The van der Waals surface area contributed by atoms with Crippen LogP contribution in [-0.4, -0.2) is 18.4 Å². The number of hydrogen-bond donors (Lipinski definition) is 3. The van der Waals surface area contributed by atoms with Crippen molar-refractivity contribution in [1.29, 1.82) is 0 Å². The molecule has 0 spiro atoms. The Bertz CT molecular complexity index is 1460. The molecule has 0 radical (unpaired) electrons. The molecule has 0 unspecified atom stereocenters. The van der Waals surface area contributed by atoms with Crippen LogP contribution in [0, 0.1) is 6.92 Å². The van der Waals surface area contributed by atoms with Crippen molar-refractivity contribution in [3.05, 3.63) is 78.5 Å². The Labute approximate surface area is 174 Å². The molecular formula is C19H14ClN3O4S2. The summed E-state index contributed by atoms with van der Waals surface area (Å²) in [7, 11) is -3.96. The summed E-state index contributed by atoms with van der Waals surface area (Å²) in [6.45, 7) is 1.60. The first-order valence-electron chi connectivity index (χ1n) is 8.36. The van der Waals surface area contributed by atoms with Crippen LogP contribution in [0.15, 0.2) is 61.6 Å². The third-order valence-corrected chi connectivity index (χ3v) is 6.88. The maximum atomic E-state index is 12.9. The number of fused-ring (bicyclic) bond motifs is 1. The summed E-state index contributed by atoms with van der Waals surface area (Å²) in [6, 6.07) is 9.66. The van der Waals surface area contributed by atoms with Crippen LogP contribution in [0.2, 0.25) is 5.02 Å². The molecule has 10 heteroatoms. The van der Waals surface area contributed by atoms with Gasteiger partial charge in [-0.2, -0.15) is 11.3 Å². The van der Waals surface area contributed by atoms with Gasteiger partial charge in [0.05, 0.1) is 26.6 Å². The number of sulfonamides is 1. The lowest BCUT2D eigenvalue weighted by molar-refractivity contribution is 0.600. The van der Waals surface area contributed by atoms with Crippen molar-refractivity contribution in [3.63, 3.8) is 0 Å². The fourth-order valence-corrected chi connectivity index (χ4v) is 5.23. The van der Waals surface area contributed by atoms with Gasteiger partial charge in [0, 0.05) is 5.56 Å². The van der Waals surface area contributed by atoms with E-state index in [4.69, 9.17) is 11.6 Å². The zero-order chi connectivity index (χ0) is 20.8. The second-order valence-electron chi connectivity index (χ2n) is 6.38. The molecule has 4 aromatic rings. The van der Waals surface area contributed by atoms with Gasteiger partial charge in [-0.3, -0.25) is 14.3 Å². The summed E-state index contributed by atoms with van der Waals surface area (Å²) < 4.78 is 28.4. The number of aromatic nitrogens is 2. The Morgan fingerprint density at radius 3 is 2.31 bits per heavy atom. The summed E-state index contributed by atoms with van der Waals surface area (Å²) >= 11 is 7.88. The second kappa shape index (κ2) is 7.18. The van der Waals surface area contributed by atoms with E-state index in [1.807, 2.05) is 16.8 Å². The van der Waals surface area contributed by atoms with Crippen LogP contribution in [-0.2, 0) is 10.0 Å². The van der Waals surface area contributed by atoms with Gasteiger partial charge in [-0.1, -0.05) is 17.7 Å². The molecule has 0 saturated carbocycles. The van der Waals surface area contributed by atoms with Gasteiger partial charge in [-0.05, 0) is 59.1 Å². The van der Waals surface area contributed by atoms with E-state index in [2.05, 4.69) is 14.7 Å². The molecule has 0 aliphatic carbocycles. The Hall–Kier alpha value is -2.88. The Balaban J connectivity index is 1.73. The van der Waals surface area contributed by atoms with E-state index in [-0.39, 0.29) is 10.4 Å². The normalized spacial score (nSPS) is 11.7. The van der Waals surface area contributed by atoms with Crippen LogP contribution < -0.4 is 15.8 Å². The van der Waals surface area contributed by atoms with Gasteiger partial charge in [0.1, 0.15) is 0 Å². The second-order valence-corrected chi connectivity index (χ2v) is 9.22. The minimum Gasteiger partial charge on any atom is -0.316 e. The molecule has 0 aliphatic heterocycles. The number of aryl methyl sites for hydroxylation is 1. The smallest absolute Gasteiger partial charge is 0.314 e. The monoisotopic (exact) mass is 447 g/mol. The highest BCUT2D eigenvalue weighted by Crippen LogP contribution is 2.32. The van der Waals surface area contributed by atoms with Crippen LogP contribution in [0.3, 0.4) is 0 Å². The highest BCUT2D eigenvalue weighted by molar-refractivity contribution is 7.92. The van der Waals surface area contributed by atoms with Crippen molar-refractivity contribution in [1.82, 2.24) is 9.97 Å². The largest absolute Gasteiger partial charge is 0.316 e. The fraction of sp³-hybridized carbons (Fsp3) is 0.0526. The van der Waals surface area contributed by atoms with E-state index in [1.54, 1.807) is 36.5 Å². The molecule has 7 nitrogen and oxygen atoms in total. The van der Waals surface area contributed by atoms with Gasteiger partial charge >= 0.3 is 11.1 Å². The molecule has 0 aliphatic rings. The number of H-pyrrole nitrogens is 2. The SMILES string of the molecule is Cc1cc2[nH]c(=O)c(=O)[nH]c2cc1S(=O)(=O)Nc1ccc(-c2ccsc2)c(Cl)c1. The summed E-state index contributed by atoms with van der Waals surface area (Å²) in [5.74, 6) is 0. The van der Waals surface area contributed by atoms with E-state index in [1.165, 1.54) is 12.1 Å². The predicted molar refractivity (Wildman–Crippen MR) is 115 cm³/mol. The standard InChI is InChI=1S/C19H14ClN3O4S2/c1-10-6-15-16(22-19(25)18(24)21-15)8-17(10)29(26,27)23-12-2-3-13(14(20)7-12)11-4-5-28-9-11/h2-9,23H,1H3,(H,21,24)(H,22,25). The van der Waals surface area contributed by atoms with Crippen LogP contribution in [0.1, 0.15) is 5.56 Å². The molecule has 0 amide bonds. The highest BCUT2D eigenvalue weighted by atomic mass is 35.5. The lowest BCUT2D eigenvalue weighted by Crippen LogP contribution is -2.29. The molecule has 4 rings (SSSR count). The number of nitrogens with one attached hydrogen (secondary N) is 3. The van der Waals surface area contributed by atoms with Crippen molar-refractivity contribution < 1.29 is 8.42 Å². The molecule has 2 heterocycles. The topological polar surface area (TPSA) is 112 Å². The zero-order valence-corrected chi connectivity index (χ0v) is 17.3. The lowest BCUT2D eigenvalue weighted by Gasteiger charge is -2.12. The zero-order valence-electron chi connectivity index (χ0n) is 14.9. The van der Waals surface area contributed by atoms with Crippen molar-refractivity contribution >= 4 is 49.7 Å². The van der Waals surface area contributed by atoms with Crippen molar-refractivity contribution in [3.8, 4) is 11.1 Å². The highest BCUT2D eigenvalue weighted by Gasteiger charge is 2.19. The number of rotatable bonds is 4. The Morgan fingerprint density at radius 2 is 1.69 bits per heavy atom. The van der Waals surface area contributed by atoms with Gasteiger partial charge in [-0.15, -0.1) is 0 Å². The van der Waals surface area contributed by atoms with Gasteiger partial charge in [0.2, 0.25) is 0 Å². The summed E-state index contributed by atoms with van der Waals surface area (Å²) in [6.07, 6.45) is 0. The minimum absolute atomic E-state index is 0.0225. The summed E-state index contributed by atoms with van der Waals surface area (Å²) in [4.78, 5) is 27.8. The van der Waals surface area contributed by atoms with Crippen molar-refractivity contribution in [2.75, 3.05) is 4.72 Å². The molecule has 3 N–H and O–H groups in total. The molecule has 2 aromatic carbocycles. The van der Waals surface area contributed by atoms with E-state index >= 15 is 0 Å². The number of hydrogen-bond acceptors (Lipinski definition) is 5. The van der Waals surface area contributed by atoms with Crippen LogP contribution >= 0.6 is 22.9 Å². The number of benzene rings is 2. The van der Waals surface area contributed by atoms with Gasteiger partial charge in [-0.25, -0.2) is 8.42 Å². The van der Waals surface area contributed by atoms with E-state index in [0.717, 1.165) is 11.1 Å². The molecule has 148 valence electrons. The lowest BCUT2D eigenvalue weighted by atomic mass is 10.1. The Morgan fingerprint density at radius 1 is 1.00 bits per heavy atom. The average molecular weight is 448 g/mol. The van der Waals surface area contributed by atoms with Crippen LogP contribution in [0.4, 0.5) is 5.69 Å². The van der Waals surface area contributed by atoms with E-state index in [9.17, 15) is 18.0 Å². The first kappa shape index (κ1) is 19.4. The van der Waals surface area contributed by atoms with Gasteiger partial charge < -0.3 is 9.97 Å².